The Bertz CT molecular complexity index is 1120. The molecule has 33 heavy (non-hydrogen) atoms. The summed E-state index contributed by atoms with van der Waals surface area (Å²) in [6.07, 6.45) is 2.28. The van der Waals surface area contributed by atoms with Crippen LogP contribution in [-0.2, 0) is 14.4 Å². The van der Waals surface area contributed by atoms with Crippen molar-refractivity contribution < 1.29 is 32.2 Å². The van der Waals surface area contributed by atoms with E-state index >= 15 is 0 Å². The predicted molar refractivity (Wildman–Crippen MR) is 127 cm³/mol. The van der Waals surface area contributed by atoms with Gasteiger partial charge in [-0.2, -0.15) is 0 Å². The lowest BCUT2D eigenvalue weighted by molar-refractivity contribution is 0.286. The number of nitrogens with one attached hydrogen (secondary N) is 1. The van der Waals surface area contributed by atoms with Crippen LogP contribution in [-0.4, -0.2) is 43.0 Å². The van der Waals surface area contributed by atoms with Crippen molar-refractivity contribution in [2.45, 2.75) is 56.0 Å². The summed E-state index contributed by atoms with van der Waals surface area (Å²) in [4.78, 5) is 18.5. The number of methoxy groups -OCH3 is 1. The Balaban J connectivity index is 2.22. The van der Waals surface area contributed by atoms with E-state index in [9.17, 15) is 22.8 Å². The molecule has 2 aromatic rings. The van der Waals surface area contributed by atoms with Crippen LogP contribution < -0.4 is 14.8 Å². The molecule has 2 atom stereocenters. The molecule has 1 heterocycles. The van der Waals surface area contributed by atoms with Gasteiger partial charge in [0, 0.05) is 11.6 Å². The van der Waals surface area contributed by atoms with Gasteiger partial charge in [-0.15, -0.1) is 0 Å². The summed E-state index contributed by atoms with van der Waals surface area (Å²) in [5.74, 6) is 0.0992. The van der Waals surface area contributed by atoms with E-state index < -0.39 is 35.4 Å². The van der Waals surface area contributed by atoms with Crippen LogP contribution in [0, 0.1) is 0 Å². The average molecular weight is 498 g/mol. The highest BCUT2D eigenvalue weighted by atomic mass is 32.2. The first-order valence-corrected chi connectivity index (χ1v) is 14.4. The van der Waals surface area contributed by atoms with Crippen molar-refractivity contribution in [2.75, 3.05) is 19.2 Å². The summed E-state index contributed by atoms with van der Waals surface area (Å²) in [5.41, 5.74) is 0.804. The van der Waals surface area contributed by atoms with Crippen LogP contribution in [0.5, 0.6) is 11.5 Å². The van der Waals surface area contributed by atoms with Crippen molar-refractivity contribution in [3.8, 4) is 11.5 Å². The molecule has 0 spiro atoms. The molecule has 0 aromatic heterocycles. The molecule has 3 rings (SSSR count). The fourth-order valence-electron chi connectivity index (χ4n) is 4.29. The van der Waals surface area contributed by atoms with Crippen molar-refractivity contribution in [3.05, 3.63) is 53.6 Å². The maximum atomic E-state index is 13.7. The molecule has 1 aliphatic rings. The van der Waals surface area contributed by atoms with E-state index in [-0.39, 0.29) is 22.1 Å². The summed E-state index contributed by atoms with van der Waals surface area (Å²) in [5, 5.41) is 3.67. The van der Waals surface area contributed by atoms with Crippen LogP contribution in [0.4, 0.5) is 0 Å². The van der Waals surface area contributed by atoms with Gasteiger partial charge >= 0.3 is 7.60 Å². The van der Waals surface area contributed by atoms with Gasteiger partial charge in [0.15, 0.2) is 27.7 Å². The molecular formula is C23H32NO7PS. The fraction of sp³-hybridized carbons (Fsp3) is 0.478. The van der Waals surface area contributed by atoms with Crippen molar-refractivity contribution in [3.63, 3.8) is 0 Å². The molecule has 0 unspecified atom stereocenters. The summed E-state index contributed by atoms with van der Waals surface area (Å²) in [6.45, 7) is 4.07. The minimum Gasteiger partial charge on any atom is -0.493 e. The first-order chi connectivity index (χ1) is 15.5. The number of hydrogen-bond acceptors (Lipinski definition) is 6. The maximum Gasteiger partial charge on any atom is 0.362 e. The number of ether oxygens (including phenoxy) is 2. The van der Waals surface area contributed by atoms with Gasteiger partial charge in [0.2, 0.25) is 0 Å². The molecule has 0 aliphatic carbocycles. The molecule has 0 bridgehead atoms. The second-order valence-corrected chi connectivity index (χ2v) is 12.0. The smallest absolute Gasteiger partial charge is 0.362 e. The molecule has 1 aliphatic heterocycles. The quantitative estimate of drug-likeness (QED) is 0.444. The molecule has 0 fully saturated rings. The van der Waals surface area contributed by atoms with Gasteiger partial charge in [0.05, 0.1) is 23.8 Å². The van der Waals surface area contributed by atoms with Crippen LogP contribution in [0.3, 0.4) is 0 Å². The van der Waals surface area contributed by atoms with Crippen LogP contribution in [0.1, 0.15) is 56.7 Å². The number of rotatable bonds is 9. The van der Waals surface area contributed by atoms with Crippen LogP contribution in [0.15, 0.2) is 47.4 Å². The van der Waals surface area contributed by atoms with Gasteiger partial charge in [-0.05, 0) is 30.0 Å². The standard InChI is InChI=1S/C23H32NO7PS/c1-4-6-12-23(5-2)15-33(28,29)21-14-20(31-16-32(25,26)27)19(30-3)13-18(21)22(24-23)17-10-8-7-9-11-17/h7-11,13-14,22,24H,4-6,12,15-16H2,1-3H3,(H2,25,26,27)/t22-,23-/m1/s1. The van der Waals surface area contributed by atoms with Gasteiger partial charge in [0.1, 0.15) is 0 Å². The molecule has 0 saturated carbocycles. The van der Waals surface area contributed by atoms with Gasteiger partial charge in [-0.3, -0.25) is 9.88 Å². The van der Waals surface area contributed by atoms with E-state index in [0.29, 0.717) is 18.4 Å². The van der Waals surface area contributed by atoms with E-state index in [1.807, 2.05) is 37.3 Å². The highest BCUT2D eigenvalue weighted by molar-refractivity contribution is 7.91. The van der Waals surface area contributed by atoms with Gasteiger partial charge < -0.3 is 19.3 Å². The molecule has 8 nitrogen and oxygen atoms in total. The monoisotopic (exact) mass is 497 g/mol. The number of benzene rings is 2. The molecule has 3 N–H and O–H groups in total. The molecule has 0 saturated heterocycles. The lowest BCUT2D eigenvalue weighted by atomic mass is 9.88. The second kappa shape index (κ2) is 10.2. The van der Waals surface area contributed by atoms with E-state index in [4.69, 9.17) is 9.47 Å². The summed E-state index contributed by atoms with van der Waals surface area (Å²) in [6, 6.07) is 12.1. The molecule has 0 amide bonds. The first-order valence-electron chi connectivity index (χ1n) is 11.0. The van der Waals surface area contributed by atoms with E-state index in [1.165, 1.54) is 13.2 Å². The third-order valence-electron chi connectivity index (χ3n) is 6.07. The summed E-state index contributed by atoms with van der Waals surface area (Å²) in [7, 11) is -6.83. The normalized spacial score (nSPS) is 22.3. The Hall–Kier alpha value is -1.90. The Kier molecular flexibility index (Phi) is 7.91. The lowest BCUT2D eigenvalue weighted by Gasteiger charge is -2.36. The number of unbranched alkanes of at least 4 members (excludes halogenated alkanes) is 1. The molecule has 10 heteroatoms. The van der Waals surface area contributed by atoms with Gasteiger partial charge in [0.25, 0.3) is 0 Å². The first kappa shape index (κ1) is 25.7. The average Bonchev–Trinajstić information content (AvgIpc) is 2.88. The van der Waals surface area contributed by atoms with Crippen LogP contribution in [0.2, 0.25) is 0 Å². The van der Waals surface area contributed by atoms with Crippen molar-refractivity contribution >= 4 is 17.4 Å². The number of fused-ring (bicyclic) bond motifs is 1. The number of hydrogen-bond donors (Lipinski definition) is 3. The third-order valence-corrected chi connectivity index (χ3v) is 8.49. The molecule has 182 valence electrons. The summed E-state index contributed by atoms with van der Waals surface area (Å²) >= 11 is 0. The Morgan fingerprint density at radius 2 is 1.85 bits per heavy atom. The summed E-state index contributed by atoms with van der Waals surface area (Å²) < 4.78 is 49.4. The minimum absolute atomic E-state index is 0.0208. The minimum atomic E-state index is -4.47. The largest absolute Gasteiger partial charge is 0.493 e. The van der Waals surface area contributed by atoms with E-state index in [2.05, 4.69) is 12.2 Å². The number of sulfone groups is 1. The SMILES string of the molecule is CCCC[C@]1(CC)CS(=O)(=O)c2cc(OCP(=O)(O)O)c(OC)cc2[C@@H](c2ccccc2)N1. The van der Waals surface area contributed by atoms with Crippen molar-refractivity contribution in [1.82, 2.24) is 5.32 Å². The zero-order valence-corrected chi connectivity index (χ0v) is 20.9. The van der Waals surface area contributed by atoms with Crippen LogP contribution in [0.25, 0.3) is 0 Å². The Morgan fingerprint density at radius 3 is 2.42 bits per heavy atom. The van der Waals surface area contributed by atoms with E-state index in [1.54, 1.807) is 6.07 Å². The lowest BCUT2D eigenvalue weighted by Crippen LogP contribution is -2.50. The third kappa shape index (κ3) is 5.97. The zero-order chi connectivity index (χ0) is 24.3. The Labute approximate surface area is 195 Å². The molecular weight excluding hydrogens is 465 g/mol. The van der Waals surface area contributed by atoms with E-state index in [0.717, 1.165) is 18.4 Å². The molecule has 0 radical (unpaired) electrons. The fourth-order valence-corrected chi connectivity index (χ4v) is 6.74. The Morgan fingerprint density at radius 1 is 1.15 bits per heavy atom. The van der Waals surface area contributed by atoms with Gasteiger partial charge in [-0.25, -0.2) is 8.42 Å². The maximum absolute atomic E-state index is 13.7. The van der Waals surface area contributed by atoms with Crippen LogP contribution >= 0.6 is 7.60 Å². The highest BCUT2D eigenvalue weighted by Gasteiger charge is 2.42. The topological polar surface area (TPSA) is 122 Å². The van der Waals surface area contributed by atoms with Gasteiger partial charge in [-0.1, -0.05) is 57.0 Å². The predicted octanol–water partition coefficient (Wildman–Crippen LogP) is 4.01. The highest BCUT2D eigenvalue weighted by Crippen LogP contribution is 2.44. The zero-order valence-electron chi connectivity index (χ0n) is 19.2. The molecule has 2 aromatic carbocycles. The van der Waals surface area contributed by atoms with Crippen molar-refractivity contribution in [2.24, 2.45) is 0 Å². The second-order valence-electron chi connectivity index (χ2n) is 8.46. The van der Waals surface area contributed by atoms with Crippen molar-refractivity contribution in [1.29, 1.82) is 0 Å².